The second-order valence-electron chi connectivity index (χ2n) is 7.07. The van der Waals surface area contributed by atoms with Crippen LogP contribution in [-0.2, 0) is 9.59 Å². The van der Waals surface area contributed by atoms with Crippen LogP contribution in [0.5, 0.6) is 0 Å². The van der Waals surface area contributed by atoms with Crippen LogP contribution < -0.4 is 10.4 Å². The number of carboxylic acids is 1. The van der Waals surface area contributed by atoms with Gasteiger partial charge in [-0.3, -0.25) is 4.79 Å². The summed E-state index contributed by atoms with van der Waals surface area (Å²) in [7, 11) is 0. The fourth-order valence-corrected chi connectivity index (χ4v) is 4.67. The van der Waals surface area contributed by atoms with E-state index in [1.807, 2.05) is 26.8 Å². The average molecular weight is 347 g/mol. The molecule has 4 atom stereocenters. The topological polar surface area (TPSA) is 69.2 Å². The smallest absolute Gasteiger partial charge is 0.228 e. The predicted octanol–water partition coefficient (Wildman–Crippen LogP) is 2.95. The Morgan fingerprint density at radius 3 is 2.33 bits per heavy atom. The quantitative estimate of drug-likeness (QED) is 0.855. The van der Waals surface area contributed by atoms with Crippen LogP contribution in [0.1, 0.15) is 32.3 Å². The number of fused-ring (bicyclic) bond motifs is 2. The Labute approximate surface area is 146 Å². The number of hydrogen-bond donors (Lipinski definition) is 1. The second kappa shape index (κ2) is 6.25. The third kappa shape index (κ3) is 2.73. The molecule has 5 heteroatoms. The lowest BCUT2D eigenvalue weighted by molar-refractivity contribution is -0.314. The molecule has 2 saturated carbocycles. The maximum Gasteiger partial charge on any atom is 0.228 e. The predicted molar refractivity (Wildman–Crippen MR) is 91.4 cm³/mol. The first-order chi connectivity index (χ1) is 11.3. The monoisotopic (exact) mass is 346 g/mol. The van der Waals surface area contributed by atoms with Crippen LogP contribution in [0.15, 0.2) is 29.3 Å². The highest BCUT2D eigenvalue weighted by Gasteiger charge is 2.54. The fourth-order valence-electron chi connectivity index (χ4n) is 4.49. The van der Waals surface area contributed by atoms with Gasteiger partial charge in [0.1, 0.15) is 0 Å². The molecule has 128 valence electrons. The van der Waals surface area contributed by atoms with Crippen molar-refractivity contribution < 1.29 is 14.7 Å². The molecule has 0 aromatic heterocycles. The van der Waals surface area contributed by atoms with Crippen molar-refractivity contribution in [2.45, 2.75) is 33.6 Å². The molecule has 0 saturated heterocycles. The Hall–Kier alpha value is -1.81. The molecule has 2 aliphatic rings. The zero-order valence-corrected chi connectivity index (χ0v) is 14.8. The lowest BCUT2D eigenvalue weighted by Gasteiger charge is -2.30. The highest BCUT2D eigenvalue weighted by Crippen LogP contribution is 2.57. The van der Waals surface area contributed by atoms with Gasteiger partial charge in [-0.2, -0.15) is 0 Å². The number of rotatable bonds is 3. The highest BCUT2D eigenvalue weighted by molar-refractivity contribution is 6.31. The van der Waals surface area contributed by atoms with Crippen molar-refractivity contribution >= 4 is 29.2 Å². The van der Waals surface area contributed by atoms with E-state index in [1.54, 1.807) is 12.1 Å². The summed E-state index contributed by atoms with van der Waals surface area (Å²) in [4.78, 5) is 24.5. The van der Waals surface area contributed by atoms with Gasteiger partial charge in [0, 0.05) is 22.6 Å². The molecule has 1 aromatic carbocycles. The van der Waals surface area contributed by atoms with Crippen LogP contribution >= 0.6 is 11.6 Å². The van der Waals surface area contributed by atoms with Gasteiger partial charge in [-0.1, -0.05) is 28.8 Å². The largest absolute Gasteiger partial charge is 0.550 e. The summed E-state index contributed by atoms with van der Waals surface area (Å²) in [5.41, 5.74) is 3.79. The number of allylic oxidation sites excluding steroid dienone is 2. The number of carbonyl (C=O) groups excluding carboxylic acids is 2. The van der Waals surface area contributed by atoms with Gasteiger partial charge in [0.05, 0.1) is 5.92 Å². The van der Waals surface area contributed by atoms with E-state index >= 15 is 0 Å². The number of halogens is 1. The van der Waals surface area contributed by atoms with Gasteiger partial charge in [0.25, 0.3) is 0 Å². The first-order valence-electron chi connectivity index (χ1n) is 8.26. The Kier molecular flexibility index (Phi) is 4.43. The molecular formula is C19H21ClNO3-. The van der Waals surface area contributed by atoms with Crippen molar-refractivity contribution in [1.29, 1.82) is 0 Å². The van der Waals surface area contributed by atoms with Crippen molar-refractivity contribution in [2.75, 3.05) is 5.32 Å². The van der Waals surface area contributed by atoms with E-state index in [9.17, 15) is 14.7 Å². The number of carbonyl (C=O) groups is 2. The van der Waals surface area contributed by atoms with Gasteiger partial charge in [0.2, 0.25) is 5.91 Å². The molecule has 1 N–H and O–H groups in total. The molecule has 4 nitrogen and oxygen atoms in total. The molecule has 0 spiro atoms. The summed E-state index contributed by atoms with van der Waals surface area (Å²) in [5, 5.41) is 15.1. The number of aryl methyl sites for hydroxylation is 1. The number of benzene rings is 1. The molecule has 1 amide bonds. The highest BCUT2D eigenvalue weighted by atomic mass is 35.5. The lowest BCUT2D eigenvalue weighted by atomic mass is 9.78. The SMILES string of the molecule is CC(C)=C1[C@H]2CC[C@H]1[C@H](C(=O)Nc1ccc(C)c(Cl)c1)[C@H]2C(=O)[O-]. The van der Waals surface area contributed by atoms with Crippen molar-refractivity contribution in [3.8, 4) is 0 Å². The standard InChI is InChI=1S/C19H22ClNO3/c1-9(2)15-12-6-7-13(15)17(19(23)24)16(12)18(22)21-11-5-4-10(3)14(20)8-11/h4-5,8,12-13,16-17H,6-7H2,1-3H3,(H,21,22)(H,23,24)/p-1/t12-,13-,16+,17+/m1/s1. The average Bonchev–Trinajstić information content (AvgIpc) is 3.06. The summed E-state index contributed by atoms with van der Waals surface area (Å²) < 4.78 is 0. The van der Waals surface area contributed by atoms with E-state index in [4.69, 9.17) is 11.6 Å². The van der Waals surface area contributed by atoms with E-state index in [-0.39, 0.29) is 17.7 Å². The molecule has 2 fully saturated rings. The molecule has 3 rings (SSSR count). The number of amides is 1. The van der Waals surface area contributed by atoms with Crippen molar-refractivity contribution in [1.82, 2.24) is 0 Å². The van der Waals surface area contributed by atoms with E-state index in [1.165, 1.54) is 0 Å². The third-order valence-electron chi connectivity index (χ3n) is 5.43. The van der Waals surface area contributed by atoms with Gasteiger partial charge in [-0.05, 0) is 63.1 Å². The van der Waals surface area contributed by atoms with Gasteiger partial charge in [0.15, 0.2) is 0 Å². The molecule has 0 radical (unpaired) electrons. The maximum absolute atomic E-state index is 12.8. The van der Waals surface area contributed by atoms with E-state index < -0.39 is 17.8 Å². The summed E-state index contributed by atoms with van der Waals surface area (Å²) in [6.45, 7) is 5.87. The molecule has 2 bridgehead atoms. The van der Waals surface area contributed by atoms with Crippen LogP contribution in [0.4, 0.5) is 5.69 Å². The van der Waals surface area contributed by atoms with Crippen molar-refractivity contribution in [2.24, 2.45) is 23.7 Å². The molecule has 24 heavy (non-hydrogen) atoms. The van der Waals surface area contributed by atoms with E-state index in [2.05, 4.69) is 5.32 Å². The minimum absolute atomic E-state index is 0.00354. The molecule has 2 aliphatic carbocycles. The lowest BCUT2D eigenvalue weighted by Crippen LogP contribution is -2.43. The number of anilines is 1. The van der Waals surface area contributed by atoms with Gasteiger partial charge in [-0.25, -0.2) is 0 Å². The van der Waals surface area contributed by atoms with Crippen LogP contribution in [0.25, 0.3) is 0 Å². The van der Waals surface area contributed by atoms with Gasteiger partial charge in [-0.15, -0.1) is 0 Å². The minimum Gasteiger partial charge on any atom is -0.550 e. The first kappa shape index (κ1) is 17.0. The summed E-state index contributed by atoms with van der Waals surface area (Å²) in [6, 6.07) is 5.30. The van der Waals surface area contributed by atoms with E-state index in [0.29, 0.717) is 10.7 Å². The summed E-state index contributed by atoms with van der Waals surface area (Å²) in [5.74, 6) is -2.75. The molecule has 0 aliphatic heterocycles. The minimum atomic E-state index is -1.12. The van der Waals surface area contributed by atoms with Crippen molar-refractivity contribution in [3.63, 3.8) is 0 Å². The van der Waals surface area contributed by atoms with Crippen molar-refractivity contribution in [3.05, 3.63) is 39.9 Å². The summed E-state index contributed by atoms with van der Waals surface area (Å²) >= 11 is 6.10. The van der Waals surface area contributed by atoms with E-state index in [0.717, 1.165) is 29.6 Å². The molecular weight excluding hydrogens is 326 g/mol. The number of carboxylic acid groups (broad SMARTS) is 1. The zero-order chi connectivity index (χ0) is 17.6. The third-order valence-corrected chi connectivity index (χ3v) is 5.84. The fraction of sp³-hybridized carbons (Fsp3) is 0.474. The van der Waals surface area contributed by atoms with Crippen LogP contribution in [0, 0.1) is 30.6 Å². The Morgan fingerprint density at radius 1 is 1.17 bits per heavy atom. The maximum atomic E-state index is 12.8. The van der Waals surface area contributed by atoms with Crippen LogP contribution in [0.2, 0.25) is 5.02 Å². The number of nitrogens with one attached hydrogen (secondary N) is 1. The Balaban J connectivity index is 1.89. The summed E-state index contributed by atoms with van der Waals surface area (Å²) in [6.07, 6.45) is 1.69. The number of aliphatic carboxylic acids is 1. The van der Waals surface area contributed by atoms with Gasteiger partial charge < -0.3 is 15.2 Å². The molecule has 0 heterocycles. The number of hydrogen-bond acceptors (Lipinski definition) is 3. The zero-order valence-electron chi connectivity index (χ0n) is 14.1. The van der Waals surface area contributed by atoms with Gasteiger partial charge >= 0.3 is 0 Å². The Morgan fingerprint density at radius 2 is 1.79 bits per heavy atom. The van der Waals surface area contributed by atoms with Crippen LogP contribution in [0.3, 0.4) is 0 Å². The molecule has 0 unspecified atom stereocenters. The van der Waals surface area contributed by atoms with Crippen LogP contribution in [-0.4, -0.2) is 11.9 Å². The Bertz CT molecular complexity index is 736. The second-order valence-corrected chi connectivity index (χ2v) is 7.48. The molecule has 1 aromatic rings. The first-order valence-corrected chi connectivity index (χ1v) is 8.64. The normalized spacial score (nSPS) is 28.1.